The highest BCUT2D eigenvalue weighted by atomic mass is 32.2. The number of hydrogen-bond acceptors (Lipinski definition) is 2. The maximum absolute atomic E-state index is 5.69. The first-order valence-corrected chi connectivity index (χ1v) is 10.8. The largest absolute Gasteiger partial charge is 0.378 e. The lowest BCUT2D eigenvalue weighted by atomic mass is 9.80. The van der Waals surface area contributed by atoms with E-state index in [0.29, 0.717) is 6.10 Å². The summed E-state index contributed by atoms with van der Waals surface area (Å²) in [5, 5.41) is 0.984. The molecule has 1 nitrogen and oxygen atoms in total. The van der Waals surface area contributed by atoms with Crippen LogP contribution in [0, 0.1) is 11.8 Å². The molecule has 23 heavy (non-hydrogen) atoms. The first kappa shape index (κ1) is 17.6. The lowest BCUT2D eigenvalue weighted by Crippen LogP contribution is -2.32. The van der Waals surface area contributed by atoms with Crippen LogP contribution in [0.25, 0.3) is 0 Å². The molecule has 4 rings (SSSR count). The summed E-state index contributed by atoms with van der Waals surface area (Å²) >= 11 is 2.23. The molecule has 0 bridgehead atoms. The maximum atomic E-state index is 5.69. The van der Waals surface area contributed by atoms with Crippen LogP contribution in [-0.4, -0.2) is 23.7 Å². The molecule has 0 aromatic carbocycles. The SMILES string of the molecule is C=C1CCC2OCCCC2C1.C=C1CCC2SCCCCC2C1. The predicted molar refractivity (Wildman–Crippen MR) is 102 cm³/mol. The molecule has 0 aromatic heterocycles. The van der Waals surface area contributed by atoms with Crippen LogP contribution in [0.3, 0.4) is 0 Å². The molecule has 4 aliphatic rings. The molecule has 2 saturated carbocycles. The normalized spacial score (nSPS) is 37.7. The molecule has 0 spiro atoms. The van der Waals surface area contributed by atoms with Gasteiger partial charge < -0.3 is 4.74 Å². The summed E-state index contributed by atoms with van der Waals surface area (Å²) in [4.78, 5) is 0. The molecule has 0 aromatic rings. The zero-order valence-corrected chi connectivity index (χ0v) is 15.5. The molecule has 0 radical (unpaired) electrons. The first-order chi connectivity index (χ1) is 11.2. The van der Waals surface area contributed by atoms with Crippen molar-refractivity contribution in [3.8, 4) is 0 Å². The average Bonchev–Trinajstić information content (AvgIpc) is 2.80. The molecule has 2 aliphatic heterocycles. The molecular weight excluding hydrogens is 300 g/mol. The van der Waals surface area contributed by atoms with Crippen LogP contribution in [0.5, 0.6) is 0 Å². The van der Waals surface area contributed by atoms with E-state index in [-0.39, 0.29) is 0 Å². The van der Waals surface area contributed by atoms with E-state index >= 15 is 0 Å². The summed E-state index contributed by atoms with van der Waals surface area (Å²) in [6.07, 6.45) is 15.3. The van der Waals surface area contributed by atoms with Crippen LogP contribution in [0.1, 0.15) is 70.6 Å². The highest BCUT2D eigenvalue weighted by Gasteiger charge is 2.29. The number of ether oxygens (including phenoxy) is 1. The second-order valence-electron chi connectivity index (χ2n) is 7.96. The van der Waals surface area contributed by atoms with Gasteiger partial charge >= 0.3 is 0 Å². The minimum atomic E-state index is 0.578. The van der Waals surface area contributed by atoms with Gasteiger partial charge in [-0.25, -0.2) is 0 Å². The lowest BCUT2D eigenvalue weighted by Gasteiger charge is -2.36. The van der Waals surface area contributed by atoms with Gasteiger partial charge in [0.2, 0.25) is 0 Å². The van der Waals surface area contributed by atoms with Gasteiger partial charge in [-0.2, -0.15) is 11.8 Å². The summed E-state index contributed by atoms with van der Waals surface area (Å²) in [6.45, 7) is 9.17. The van der Waals surface area contributed by atoms with Crippen LogP contribution < -0.4 is 0 Å². The Labute approximate surface area is 147 Å². The van der Waals surface area contributed by atoms with E-state index in [4.69, 9.17) is 4.74 Å². The third-order valence-electron chi connectivity index (χ3n) is 6.07. The van der Waals surface area contributed by atoms with E-state index < -0.39 is 0 Å². The van der Waals surface area contributed by atoms with Crippen molar-refractivity contribution in [3.05, 3.63) is 24.3 Å². The Morgan fingerprint density at radius 2 is 1.57 bits per heavy atom. The second-order valence-corrected chi connectivity index (χ2v) is 9.31. The minimum Gasteiger partial charge on any atom is -0.378 e. The van der Waals surface area contributed by atoms with Crippen LogP contribution >= 0.6 is 11.8 Å². The van der Waals surface area contributed by atoms with Crippen molar-refractivity contribution in [1.29, 1.82) is 0 Å². The van der Waals surface area contributed by atoms with Crippen molar-refractivity contribution in [3.63, 3.8) is 0 Å². The standard InChI is InChI=1S/C11H18S.C10H16O/c1-9-5-6-11-10(8-9)4-2-3-7-12-11;1-8-4-5-10-9(7-8)3-2-6-11-10/h10-11H,1-8H2;9-10H,1-7H2. The zero-order chi connectivity index (χ0) is 16.1. The minimum absolute atomic E-state index is 0.578. The van der Waals surface area contributed by atoms with Crippen molar-refractivity contribution in [2.75, 3.05) is 12.4 Å². The first-order valence-electron chi connectivity index (χ1n) is 9.79. The van der Waals surface area contributed by atoms with E-state index in [1.807, 2.05) is 0 Å². The van der Waals surface area contributed by atoms with Gasteiger partial charge in [0, 0.05) is 11.9 Å². The third kappa shape index (κ3) is 5.13. The number of allylic oxidation sites excluding steroid dienone is 2. The van der Waals surface area contributed by atoms with E-state index in [2.05, 4.69) is 24.9 Å². The van der Waals surface area contributed by atoms with Gasteiger partial charge in [-0.15, -0.1) is 0 Å². The Morgan fingerprint density at radius 1 is 0.826 bits per heavy atom. The topological polar surface area (TPSA) is 9.23 Å². The van der Waals surface area contributed by atoms with Gasteiger partial charge in [0.05, 0.1) is 6.10 Å². The van der Waals surface area contributed by atoms with Crippen LogP contribution in [0.2, 0.25) is 0 Å². The van der Waals surface area contributed by atoms with E-state index in [1.165, 1.54) is 87.5 Å². The highest BCUT2D eigenvalue weighted by molar-refractivity contribution is 7.99. The van der Waals surface area contributed by atoms with Gasteiger partial charge in [0.25, 0.3) is 0 Å². The van der Waals surface area contributed by atoms with E-state index in [9.17, 15) is 0 Å². The van der Waals surface area contributed by atoms with Gasteiger partial charge in [-0.3, -0.25) is 0 Å². The number of thioether (sulfide) groups is 1. The van der Waals surface area contributed by atoms with E-state index in [0.717, 1.165) is 23.7 Å². The average molecular weight is 335 g/mol. The summed E-state index contributed by atoms with van der Waals surface area (Å²) in [5.74, 6) is 3.21. The molecule has 2 heterocycles. The number of hydrogen-bond donors (Lipinski definition) is 0. The molecule has 4 fully saturated rings. The molecule has 130 valence electrons. The van der Waals surface area contributed by atoms with Crippen LogP contribution in [0.15, 0.2) is 24.3 Å². The molecule has 2 aliphatic carbocycles. The smallest absolute Gasteiger partial charge is 0.0609 e. The van der Waals surface area contributed by atoms with Gasteiger partial charge in [0.1, 0.15) is 0 Å². The van der Waals surface area contributed by atoms with Crippen molar-refractivity contribution >= 4 is 11.8 Å². The van der Waals surface area contributed by atoms with Gasteiger partial charge in [-0.1, -0.05) is 30.7 Å². The third-order valence-corrected chi connectivity index (χ3v) is 7.64. The van der Waals surface area contributed by atoms with Crippen molar-refractivity contribution in [2.24, 2.45) is 11.8 Å². The zero-order valence-electron chi connectivity index (χ0n) is 14.7. The summed E-state index contributed by atoms with van der Waals surface area (Å²) < 4.78 is 5.69. The quantitative estimate of drug-likeness (QED) is 0.491. The van der Waals surface area contributed by atoms with Gasteiger partial charge in [0.15, 0.2) is 0 Å². The molecule has 0 amide bonds. The molecule has 4 unspecified atom stereocenters. The lowest BCUT2D eigenvalue weighted by molar-refractivity contribution is -0.0382. The summed E-state index contributed by atoms with van der Waals surface area (Å²) in [6, 6.07) is 0. The van der Waals surface area contributed by atoms with Crippen LogP contribution in [0.4, 0.5) is 0 Å². The Kier molecular flexibility index (Phi) is 6.71. The molecule has 2 heteroatoms. The van der Waals surface area contributed by atoms with Crippen LogP contribution in [-0.2, 0) is 4.74 Å². The number of fused-ring (bicyclic) bond motifs is 2. The predicted octanol–water partition coefficient (Wildman–Crippen LogP) is 6.15. The Hall–Kier alpha value is -0.210. The van der Waals surface area contributed by atoms with Crippen molar-refractivity contribution < 1.29 is 4.74 Å². The van der Waals surface area contributed by atoms with Crippen molar-refractivity contribution in [1.82, 2.24) is 0 Å². The molecule has 4 atom stereocenters. The van der Waals surface area contributed by atoms with Crippen molar-refractivity contribution in [2.45, 2.75) is 82.0 Å². The Bertz CT molecular complexity index is 416. The fourth-order valence-electron chi connectivity index (χ4n) is 4.71. The highest BCUT2D eigenvalue weighted by Crippen LogP contribution is 2.40. The maximum Gasteiger partial charge on any atom is 0.0609 e. The summed E-state index contributed by atoms with van der Waals surface area (Å²) in [7, 11) is 0. The number of rotatable bonds is 0. The molecule has 0 N–H and O–H groups in total. The van der Waals surface area contributed by atoms with Gasteiger partial charge in [-0.05, 0) is 81.8 Å². The Balaban J connectivity index is 0.000000136. The summed E-state index contributed by atoms with van der Waals surface area (Å²) in [5.41, 5.74) is 2.95. The molecule has 2 saturated heterocycles. The fourth-order valence-corrected chi connectivity index (χ4v) is 6.17. The monoisotopic (exact) mass is 334 g/mol. The fraction of sp³-hybridized carbons (Fsp3) is 0.810. The second kappa shape index (κ2) is 8.76. The molecular formula is C21H34OS. The Morgan fingerprint density at radius 3 is 2.43 bits per heavy atom. The van der Waals surface area contributed by atoms with E-state index in [1.54, 1.807) is 0 Å².